The lowest BCUT2D eigenvalue weighted by atomic mass is 9.94. The fourth-order valence-corrected chi connectivity index (χ4v) is 4.92. The topological polar surface area (TPSA) is 106 Å². The minimum atomic E-state index is -0.335. The Bertz CT molecular complexity index is 1170. The zero-order chi connectivity index (χ0) is 25.2. The number of hydrogen-bond donors (Lipinski definition) is 1. The van der Waals surface area contributed by atoms with Crippen molar-refractivity contribution in [3.05, 3.63) is 52.8 Å². The summed E-state index contributed by atoms with van der Waals surface area (Å²) in [5.74, 6) is 2.11. The molecule has 2 atom stereocenters. The van der Waals surface area contributed by atoms with Crippen molar-refractivity contribution >= 4 is 23.6 Å². The molecule has 0 radical (unpaired) electrons. The lowest BCUT2D eigenvalue weighted by Crippen LogP contribution is -2.35. The highest BCUT2D eigenvalue weighted by molar-refractivity contribution is 6.30. The van der Waals surface area contributed by atoms with Crippen LogP contribution in [0.4, 0.5) is 16.4 Å². The van der Waals surface area contributed by atoms with E-state index in [1.807, 2.05) is 18.7 Å². The summed E-state index contributed by atoms with van der Waals surface area (Å²) in [4.78, 5) is 17.6. The van der Waals surface area contributed by atoms with Gasteiger partial charge < -0.3 is 24.8 Å². The first-order valence-electron chi connectivity index (χ1n) is 12.4. The number of aromatic nitrogens is 4. The van der Waals surface area contributed by atoms with E-state index in [0.29, 0.717) is 53.9 Å². The van der Waals surface area contributed by atoms with E-state index in [9.17, 15) is 4.39 Å². The zero-order valence-electron chi connectivity index (χ0n) is 20.5. The SMILES string of the molecule is CC(C)c1noc(N2CCC(COc3cnc(N4CC(N)C(c5ccc(Cl)cc5F)C4)nc3)CC2)n1. The predicted molar refractivity (Wildman–Crippen MR) is 135 cm³/mol. The molecule has 0 bridgehead atoms. The van der Waals surface area contributed by atoms with Crippen molar-refractivity contribution in [2.75, 3.05) is 42.6 Å². The molecule has 2 aliphatic rings. The number of nitrogens with two attached hydrogens (primary N) is 1. The molecule has 192 valence electrons. The van der Waals surface area contributed by atoms with Crippen LogP contribution in [0.25, 0.3) is 0 Å². The highest BCUT2D eigenvalue weighted by Crippen LogP contribution is 2.32. The summed E-state index contributed by atoms with van der Waals surface area (Å²) in [5.41, 5.74) is 6.90. The molecule has 2 aliphatic heterocycles. The summed E-state index contributed by atoms with van der Waals surface area (Å²) in [7, 11) is 0. The van der Waals surface area contributed by atoms with Crippen LogP contribution in [0.5, 0.6) is 5.75 Å². The summed E-state index contributed by atoms with van der Waals surface area (Å²) < 4.78 is 25.8. The first kappa shape index (κ1) is 24.7. The minimum absolute atomic E-state index is 0.156. The Morgan fingerprint density at radius 2 is 1.92 bits per heavy atom. The number of rotatable bonds is 7. The van der Waals surface area contributed by atoms with Crippen molar-refractivity contribution in [2.24, 2.45) is 11.7 Å². The average Bonchev–Trinajstić information content (AvgIpc) is 3.51. The van der Waals surface area contributed by atoms with Crippen LogP contribution in [-0.2, 0) is 0 Å². The van der Waals surface area contributed by atoms with Gasteiger partial charge in [-0.15, -0.1) is 0 Å². The number of hydrogen-bond acceptors (Lipinski definition) is 9. The maximum atomic E-state index is 14.4. The third-order valence-corrected chi connectivity index (χ3v) is 7.18. The Kier molecular flexibility index (Phi) is 7.25. The molecule has 2 unspecified atom stereocenters. The molecular weight excluding hydrogens is 485 g/mol. The molecule has 2 aromatic heterocycles. The largest absolute Gasteiger partial charge is 0.490 e. The molecule has 11 heteroatoms. The Hall–Kier alpha value is -2.98. The van der Waals surface area contributed by atoms with Gasteiger partial charge >= 0.3 is 6.01 Å². The molecule has 1 aromatic carbocycles. The first-order chi connectivity index (χ1) is 17.4. The van der Waals surface area contributed by atoms with E-state index in [1.165, 1.54) is 6.07 Å². The maximum Gasteiger partial charge on any atom is 0.324 e. The predicted octanol–water partition coefficient (Wildman–Crippen LogP) is 4.00. The molecule has 2 fully saturated rings. The fourth-order valence-electron chi connectivity index (χ4n) is 4.77. The van der Waals surface area contributed by atoms with Crippen molar-refractivity contribution in [3.63, 3.8) is 0 Å². The van der Waals surface area contributed by atoms with Crippen LogP contribution in [0.3, 0.4) is 0 Å². The molecule has 3 aromatic rings. The first-order valence-corrected chi connectivity index (χ1v) is 12.7. The smallest absolute Gasteiger partial charge is 0.324 e. The van der Waals surface area contributed by atoms with Crippen LogP contribution in [-0.4, -0.2) is 58.9 Å². The van der Waals surface area contributed by atoms with Crippen LogP contribution in [0.15, 0.2) is 35.1 Å². The van der Waals surface area contributed by atoms with E-state index in [-0.39, 0.29) is 23.7 Å². The van der Waals surface area contributed by atoms with Crippen molar-refractivity contribution in [1.29, 1.82) is 0 Å². The molecule has 36 heavy (non-hydrogen) atoms. The van der Waals surface area contributed by atoms with Crippen LogP contribution >= 0.6 is 11.6 Å². The molecule has 0 spiro atoms. The standard InChI is InChI=1S/C25H31ClFN7O2/c1-15(2)23-31-25(36-32-23)33-7-5-16(6-8-33)14-35-18-10-29-24(30-11-18)34-12-20(22(28)13-34)19-4-3-17(26)9-21(19)27/h3-4,9-11,15-16,20,22H,5-8,12-14,28H2,1-2H3. The Morgan fingerprint density at radius 3 is 2.58 bits per heavy atom. The Labute approximate surface area is 214 Å². The lowest BCUT2D eigenvalue weighted by Gasteiger charge is -2.30. The second kappa shape index (κ2) is 10.6. The molecular formula is C25H31ClFN7O2. The number of ether oxygens (including phenoxy) is 1. The van der Waals surface area contributed by atoms with Crippen LogP contribution in [0.2, 0.25) is 5.02 Å². The third kappa shape index (κ3) is 5.39. The summed E-state index contributed by atoms with van der Waals surface area (Å²) in [6, 6.07) is 5.10. The Morgan fingerprint density at radius 1 is 1.17 bits per heavy atom. The summed E-state index contributed by atoms with van der Waals surface area (Å²) in [6.45, 7) is 7.49. The second-order valence-electron chi connectivity index (χ2n) is 9.89. The number of halogens is 2. The van der Waals surface area contributed by atoms with Crippen molar-refractivity contribution in [3.8, 4) is 5.75 Å². The van der Waals surface area contributed by atoms with Gasteiger partial charge in [0.15, 0.2) is 11.6 Å². The van der Waals surface area contributed by atoms with Crippen LogP contribution in [0, 0.1) is 11.7 Å². The molecule has 9 nitrogen and oxygen atoms in total. The molecule has 2 saturated heterocycles. The minimum Gasteiger partial charge on any atom is -0.490 e. The summed E-state index contributed by atoms with van der Waals surface area (Å²) in [5, 5.41) is 4.43. The van der Waals surface area contributed by atoms with Gasteiger partial charge in [-0.3, -0.25) is 0 Å². The van der Waals surface area contributed by atoms with Gasteiger partial charge in [-0.2, -0.15) is 4.98 Å². The van der Waals surface area contributed by atoms with E-state index in [2.05, 4.69) is 25.0 Å². The lowest BCUT2D eigenvalue weighted by molar-refractivity contribution is 0.219. The van der Waals surface area contributed by atoms with Crippen molar-refractivity contribution < 1.29 is 13.7 Å². The van der Waals surface area contributed by atoms with Gasteiger partial charge in [-0.1, -0.05) is 36.7 Å². The molecule has 0 amide bonds. The average molecular weight is 516 g/mol. The van der Waals surface area contributed by atoms with Crippen LogP contribution < -0.4 is 20.3 Å². The van der Waals surface area contributed by atoms with Gasteiger partial charge in [0.25, 0.3) is 0 Å². The van der Waals surface area contributed by atoms with E-state index in [0.717, 1.165) is 31.8 Å². The number of anilines is 2. The monoisotopic (exact) mass is 515 g/mol. The van der Waals surface area contributed by atoms with Gasteiger partial charge in [-0.25, -0.2) is 14.4 Å². The van der Waals surface area contributed by atoms with Gasteiger partial charge in [0.05, 0.1) is 19.0 Å². The van der Waals surface area contributed by atoms with Crippen LogP contribution in [0.1, 0.15) is 49.9 Å². The molecule has 2 N–H and O–H groups in total. The van der Waals surface area contributed by atoms with E-state index >= 15 is 0 Å². The molecule has 4 heterocycles. The number of piperidine rings is 1. The van der Waals surface area contributed by atoms with Crippen molar-refractivity contribution in [1.82, 2.24) is 20.1 Å². The molecule has 5 rings (SSSR count). The fraction of sp³-hybridized carbons (Fsp3) is 0.520. The number of nitrogens with zero attached hydrogens (tertiary/aromatic N) is 6. The number of benzene rings is 1. The highest BCUT2D eigenvalue weighted by atomic mass is 35.5. The van der Waals surface area contributed by atoms with Gasteiger partial charge in [0.1, 0.15) is 5.82 Å². The van der Waals surface area contributed by atoms with E-state index < -0.39 is 0 Å². The third-order valence-electron chi connectivity index (χ3n) is 6.94. The maximum absolute atomic E-state index is 14.4. The normalized spacial score (nSPS) is 20.9. The molecule has 0 saturated carbocycles. The van der Waals surface area contributed by atoms with E-state index in [4.69, 9.17) is 26.6 Å². The van der Waals surface area contributed by atoms with Gasteiger partial charge in [0, 0.05) is 49.1 Å². The van der Waals surface area contributed by atoms with Crippen molar-refractivity contribution in [2.45, 2.75) is 44.6 Å². The second-order valence-corrected chi connectivity index (χ2v) is 10.3. The summed E-state index contributed by atoms with van der Waals surface area (Å²) in [6.07, 6.45) is 5.33. The van der Waals surface area contributed by atoms with E-state index in [1.54, 1.807) is 24.5 Å². The Balaban J connectivity index is 1.11. The molecule has 0 aliphatic carbocycles. The van der Waals surface area contributed by atoms with Gasteiger partial charge in [-0.05, 0) is 36.5 Å². The summed E-state index contributed by atoms with van der Waals surface area (Å²) >= 11 is 5.89. The highest BCUT2D eigenvalue weighted by Gasteiger charge is 2.34. The quantitative estimate of drug-likeness (QED) is 0.499. The zero-order valence-corrected chi connectivity index (χ0v) is 21.2. The van der Waals surface area contributed by atoms with Gasteiger partial charge in [0.2, 0.25) is 5.95 Å².